The van der Waals surface area contributed by atoms with E-state index in [1.807, 2.05) is 0 Å². The average Bonchev–Trinajstić information content (AvgIpc) is 2.19. The number of nitrogens with one attached hydrogen (secondary N) is 1. The van der Waals surface area contributed by atoms with E-state index in [2.05, 4.69) is 5.32 Å². The Morgan fingerprint density at radius 3 is 2.53 bits per heavy atom. The number of benzene rings is 1. The monoisotopic (exact) mass is 248 g/mol. The van der Waals surface area contributed by atoms with Crippen molar-refractivity contribution in [3.05, 3.63) is 23.8 Å². The van der Waals surface area contributed by atoms with Gasteiger partial charge in [-0.15, -0.1) is 0 Å². The van der Waals surface area contributed by atoms with Crippen LogP contribution in [0.3, 0.4) is 0 Å². The number of phenols is 1. The van der Waals surface area contributed by atoms with Crippen LogP contribution in [0.1, 0.15) is 12.5 Å². The third-order valence-corrected chi connectivity index (χ3v) is 1.98. The van der Waals surface area contributed by atoms with Crippen molar-refractivity contribution in [3.8, 4) is 5.75 Å². The van der Waals surface area contributed by atoms with Gasteiger partial charge in [-0.05, 0) is 25.1 Å². The molecule has 4 nitrogen and oxygen atoms in total. The molecule has 0 saturated carbocycles. The third kappa shape index (κ3) is 3.35. The van der Waals surface area contributed by atoms with E-state index in [0.717, 1.165) is 12.1 Å². The fourth-order valence-electron chi connectivity index (χ4n) is 1.10. The summed E-state index contributed by atoms with van der Waals surface area (Å²) in [4.78, 5) is 11.2. The molecular formula is C10H11F3N2O2. The van der Waals surface area contributed by atoms with Crippen molar-refractivity contribution in [3.63, 3.8) is 0 Å². The van der Waals surface area contributed by atoms with Crippen LogP contribution < -0.4 is 11.1 Å². The lowest BCUT2D eigenvalue weighted by molar-refractivity contribution is -0.138. The van der Waals surface area contributed by atoms with Crippen LogP contribution in [0.4, 0.5) is 18.9 Å². The standard InChI is InChI=1S/C10H11F3N2O2/c1-5(14)9(17)15-6-2-3-8(16)7(4-6)10(11,12)13/h2-5,16H,14H2,1H3,(H,15,17)/t5-/m1/s1. The first-order valence-electron chi connectivity index (χ1n) is 4.68. The number of phenolic OH excluding ortho intramolecular Hbond substituents is 1. The van der Waals surface area contributed by atoms with Gasteiger partial charge in [0.2, 0.25) is 5.91 Å². The lowest BCUT2D eigenvalue weighted by Crippen LogP contribution is -2.32. The van der Waals surface area contributed by atoms with Gasteiger partial charge in [-0.25, -0.2) is 0 Å². The molecule has 1 rings (SSSR count). The summed E-state index contributed by atoms with van der Waals surface area (Å²) in [6.45, 7) is 1.40. The molecule has 0 radical (unpaired) electrons. The van der Waals surface area contributed by atoms with Crippen molar-refractivity contribution < 1.29 is 23.1 Å². The van der Waals surface area contributed by atoms with Crippen molar-refractivity contribution in [1.82, 2.24) is 0 Å². The second kappa shape index (κ2) is 4.62. The molecule has 94 valence electrons. The molecule has 1 aromatic rings. The van der Waals surface area contributed by atoms with Gasteiger partial charge >= 0.3 is 6.18 Å². The van der Waals surface area contributed by atoms with Crippen LogP contribution in [0.5, 0.6) is 5.75 Å². The predicted molar refractivity (Wildman–Crippen MR) is 55.4 cm³/mol. The molecule has 0 spiro atoms. The van der Waals surface area contributed by atoms with Gasteiger partial charge in [-0.1, -0.05) is 0 Å². The Hall–Kier alpha value is -1.76. The van der Waals surface area contributed by atoms with Crippen molar-refractivity contribution in [2.75, 3.05) is 5.32 Å². The van der Waals surface area contributed by atoms with Crippen molar-refractivity contribution in [2.45, 2.75) is 19.1 Å². The smallest absolute Gasteiger partial charge is 0.420 e. The molecule has 0 aliphatic rings. The van der Waals surface area contributed by atoms with Crippen molar-refractivity contribution in [2.24, 2.45) is 5.73 Å². The molecule has 0 aliphatic heterocycles. The Bertz CT molecular complexity index is 430. The molecule has 1 amide bonds. The van der Waals surface area contributed by atoms with Gasteiger partial charge in [0.25, 0.3) is 0 Å². The Kier molecular flexibility index (Phi) is 3.62. The summed E-state index contributed by atoms with van der Waals surface area (Å²) in [7, 11) is 0. The number of alkyl halides is 3. The van der Waals surface area contributed by atoms with Crippen LogP contribution in [-0.4, -0.2) is 17.1 Å². The van der Waals surface area contributed by atoms with Gasteiger partial charge in [0.05, 0.1) is 11.6 Å². The molecule has 0 bridgehead atoms. The van der Waals surface area contributed by atoms with Crippen LogP contribution in [0.15, 0.2) is 18.2 Å². The Morgan fingerprint density at radius 2 is 2.06 bits per heavy atom. The minimum Gasteiger partial charge on any atom is -0.507 e. The van der Waals surface area contributed by atoms with Crippen molar-refractivity contribution >= 4 is 11.6 Å². The molecule has 4 N–H and O–H groups in total. The zero-order valence-corrected chi connectivity index (χ0v) is 8.88. The van der Waals surface area contributed by atoms with E-state index in [1.165, 1.54) is 6.92 Å². The summed E-state index contributed by atoms with van der Waals surface area (Å²) in [5.74, 6) is -1.50. The van der Waals surface area contributed by atoms with E-state index in [4.69, 9.17) is 10.8 Å². The summed E-state index contributed by atoms with van der Waals surface area (Å²) in [5.41, 5.74) is 3.97. The number of aromatic hydroxyl groups is 1. The molecule has 0 heterocycles. The van der Waals surface area contributed by atoms with Crippen molar-refractivity contribution in [1.29, 1.82) is 0 Å². The zero-order valence-electron chi connectivity index (χ0n) is 8.88. The fraction of sp³-hybridized carbons (Fsp3) is 0.300. The molecular weight excluding hydrogens is 237 g/mol. The fourth-order valence-corrected chi connectivity index (χ4v) is 1.10. The van der Waals surface area contributed by atoms with Gasteiger partial charge in [0.15, 0.2) is 0 Å². The minimum atomic E-state index is -4.68. The zero-order chi connectivity index (χ0) is 13.2. The summed E-state index contributed by atoms with van der Waals surface area (Å²) in [5, 5.41) is 11.3. The number of rotatable bonds is 2. The SMILES string of the molecule is C[C@@H](N)C(=O)Nc1ccc(O)c(C(F)(F)F)c1. The number of carbonyl (C=O) groups is 1. The van der Waals surface area contributed by atoms with Crippen LogP contribution >= 0.6 is 0 Å². The van der Waals surface area contributed by atoms with E-state index in [9.17, 15) is 18.0 Å². The van der Waals surface area contributed by atoms with E-state index >= 15 is 0 Å². The highest BCUT2D eigenvalue weighted by atomic mass is 19.4. The van der Waals surface area contributed by atoms with Crippen LogP contribution in [0.2, 0.25) is 0 Å². The minimum absolute atomic E-state index is 0.0718. The maximum atomic E-state index is 12.4. The average molecular weight is 248 g/mol. The van der Waals surface area contributed by atoms with E-state index < -0.39 is 29.4 Å². The summed E-state index contributed by atoms with van der Waals surface area (Å²) in [6.07, 6.45) is -4.68. The van der Waals surface area contributed by atoms with Gasteiger partial charge in [-0.3, -0.25) is 4.79 Å². The number of amides is 1. The number of carbonyl (C=O) groups excluding carboxylic acids is 1. The molecule has 0 fully saturated rings. The summed E-state index contributed by atoms with van der Waals surface area (Å²) >= 11 is 0. The molecule has 0 saturated heterocycles. The highest BCUT2D eigenvalue weighted by Crippen LogP contribution is 2.37. The van der Waals surface area contributed by atoms with Gasteiger partial charge in [0, 0.05) is 5.69 Å². The normalized spacial score (nSPS) is 13.2. The first-order valence-corrected chi connectivity index (χ1v) is 4.68. The Balaban J connectivity index is 3.01. The number of anilines is 1. The van der Waals surface area contributed by atoms with Crippen LogP contribution in [0.25, 0.3) is 0 Å². The van der Waals surface area contributed by atoms with Gasteiger partial charge in [-0.2, -0.15) is 13.2 Å². The van der Waals surface area contributed by atoms with Gasteiger partial charge < -0.3 is 16.2 Å². The third-order valence-electron chi connectivity index (χ3n) is 1.98. The predicted octanol–water partition coefficient (Wildman–Crippen LogP) is 1.70. The molecule has 1 aromatic carbocycles. The molecule has 7 heteroatoms. The van der Waals surface area contributed by atoms with E-state index in [0.29, 0.717) is 6.07 Å². The lowest BCUT2D eigenvalue weighted by atomic mass is 10.1. The highest BCUT2D eigenvalue weighted by molar-refractivity contribution is 5.94. The maximum Gasteiger partial charge on any atom is 0.420 e. The first kappa shape index (κ1) is 13.3. The highest BCUT2D eigenvalue weighted by Gasteiger charge is 2.34. The number of hydrogen-bond acceptors (Lipinski definition) is 3. The number of halogens is 3. The maximum absolute atomic E-state index is 12.4. The Labute approximate surface area is 95.2 Å². The van der Waals surface area contributed by atoms with Gasteiger partial charge in [0.1, 0.15) is 5.75 Å². The molecule has 1 atom stereocenters. The van der Waals surface area contributed by atoms with Crippen LogP contribution in [-0.2, 0) is 11.0 Å². The topological polar surface area (TPSA) is 75.4 Å². The molecule has 17 heavy (non-hydrogen) atoms. The number of hydrogen-bond donors (Lipinski definition) is 3. The second-order valence-electron chi connectivity index (χ2n) is 3.51. The molecule has 0 aromatic heterocycles. The largest absolute Gasteiger partial charge is 0.507 e. The summed E-state index contributed by atoms with van der Waals surface area (Å²) < 4.78 is 37.3. The van der Waals surface area contributed by atoms with E-state index in [-0.39, 0.29) is 5.69 Å². The molecule has 0 aliphatic carbocycles. The first-order chi connectivity index (χ1) is 7.71. The molecule has 0 unspecified atom stereocenters. The summed E-state index contributed by atoms with van der Waals surface area (Å²) in [6, 6.07) is 1.83. The van der Waals surface area contributed by atoms with Crippen LogP contribution in [0, 0.1) is 0 Å². The second-order valence-corrected chi connectivity index (χ2v) is 3.51. The Morgan fingerprint density at radius 1 is 1.47 bits per heavy atom. The van der Waals surface area contributed by atoms with E-state index in [1.54, 1.807) is 0 Å². The number of nitrogens with two attached hydrogens (primary N) is 1. The lowest BCUT2D eigenvalue weighted by Gasteiger charge is -2.12. The quantitative estimate of drug-likeness (QED) is 0.697.